The SMILES string of the molecule is CCCCCCCC/C=C\CCCCCCCC(=O)O[C@H](COC(=O)CCCCCCCCCCCCCCC)COP(=O)([O-])OC[C@@H](O)CO. The van der Waals surface area contributed by atoms with Crippen LogP contribution < -0.4 is 4.89 Å². The summed E-state index contributed by atoms with van der Waals surface area (Å²) >= 11 is 0. The second-order valence-electron chi connectivity index (χ2n) is 14.0. The molecule has 0 aliphatic heterocycles. The molecule has 0 saturated carbocycles. The van der Waals surface area contributed by atoms with Crippen molar-refractivity contribution in [2.24, 2.45) is 0 Å². The molecule has 3 atom stereocenters. The van der Waals surface area contributed by atoms with Crippen LogP contribution in [0.3, 0.4) is 0 Å². The average Bonchev–Trinajstić information content (AvgIpc) is 3.12. The Morgan fingerprint density at radius 2 is 0.980 bits per heavy atom. The van der Waals surface area contributed by atoms with E-state index in [1.54, 1.807) is 0 Å². The summed E-state index contributed by atoms with van der Waals surface area (Å²) in [6.45, 7) is 2.19. The van der Waals surface area contributed by atoms with Crippen LogP contribution in [0.5, 0.6) is 0 Å². The summed E-state index contributed by atoms with van der Waals surface area (Å²) in [5.74, 6) is -0.963. The lowest BCUT2D eigenvalue weighted by atomic mass is 10.0. The Labute approximate surface area is 311 Å². The number of carbonyl (C=O) groups excluding carboxylic acids is 2. The molecule has 51 heavy (non-hydrogen) atoms. The Bertz CT molecular complexity index is 868. The molecule has 0 aliphatic carbocycles. The van der Waals surface area contributed by atoms with E-state index in [1.807, 2.05) is 0 Å². The van der Waals surface area contributed by atoms with Crippen molar-refractivity contribution in [3.8, 4) is 0 Å². The first-order chi connectivity index (χ1) is 24.7. The first kappa shape index (κ1) is 49.7. The molecule has 0 heterocycles. The summed E-state index contributed by atoms with van der Waals surface area (Å²) in [5, 5.41) is 18.2. The van der Waals surface area contributed by atoms with Crippen LogP contribution in [-0.2, 0) is 32.7 Å². The van der Waals surface area contributed by atoms with Gasteiger partial charge in [-0.3, -0.25) is 14.2 Å². The molecule has 10 nitrogen and oxygen atoms in total. The third kappa shape index (κ3) is 36.8. The van der Waals surface area contributed by atoms with Crippen molar-refractivity contribution in [2.45, 2.75) is 206 Å². The quantitative estimate of drug-likeness (QED) is 0.0269. The van der Waals surface area contributed by atoms with Crippen LogP contribution in [-0.4, -0.2) is 60.8 Å². The number of aliphatic hydroxyl groups excluding tert-OH is 2. The molecule has 2 N–H and O–H groups in total. The van der Waals surface area contributed by atoms with Gasteiger partial charge in [-0.2, -0.15) is 0 Å². The van der Waals surface area contributed by atoms with Crippen molar-refractivity contribution in [1.29, 1.82) is 0 Å². The van der Waals surface area contributed by atoms with Gasteiger partial charge in [-0.25, -0.2) is 0 Å². The van der Waals surface area contributed by atoms with Crippen molar-refractivity contribution >= 4 is 19.8 Å². The zero-order valence-electron chi connectivity index (χ0n) is 32.5. The van der Waals surface area contributed by atoms with Gasteiger partial charge in [0.05, 0.1) is 19.8 Å². The number of esters is 2. The number of phosphoric ester groups is 1. The van der Waals surface area contributed by atoms with Gasteiger partial charge in [-0.1, -0.05) is 154 Å². The Balaban J connectivity index is 4.32. The molecule has 0 rings (SSSR count). The number of hydrogen-bond acceptors (Lipinski definition) is 10. The predicted molar refractivity (Wildman–Crippen MR) is 203 cm³/mol. The fourth-order valence-corrected chi connectivity index (χ4v) is 6.47. The van der Waals surface area contributed by atoms with Gasteiger partial charge in [0.25, 0.3) is 7.82 Å². The van der Waals surface area contributed by atoms with Gasteiger partial charge in [-0.15, -0.1) is 0 Å². The van der Waals surface area contributed by atoms with Crippen LogP contribution >= 0.6 is 7.82 Å². The van der Waals surface area contributed by atoms with E-state index in [1.165, 1.54) is 96.3 Å². The van der Waals surface area contributed by atoms with E-state index < -0.39 is 51.8 Å². The number of hydrogen-bond donors (Lipinski definition) is 2. The number of rotatable bonds is 39. The van der Waals surface area contributed by atoms with E-state index in [2.05, 4.69) is 30.5 Å². The molecular formula is C40H76O10P-. The summed E-state index contributed by atoms with van der Waals surface area (Å²) in [7, 11) is -4.86. The first-order valence-corrected chi connectivity index (χ1v) is 22.1. The lowest BCUT2D eigenvalue weighted by Gasteiger charge is -2.26. The van der Waals surface area contributed by atoms with Crippen LogP contribution in [0.1, 0.15) is 194 Å². The number of carbonyl (C=O) groups is 2. The summed E-state index contributed by atoms with van der Waals surface area (Å²) < 4.78 is 32.3. The number of ether oxygens (including phenoxy) is 2. The minimum Gasteiger partial charge on any atom is -0.756 e. The van der Waals surface area contributed by atoms with Crippen LogP contribution in [0, 0.1) is 0 Å². The number of allylic oxidation sites excluding steroid dienone is 2. The maximum atomic E-state index is 12.6. The lowest BCUT2D eigenvalue weighted by Crippen LogP contribution is -2.30. The molecule has 0 aromatic heterocycles. The zero-order chi connectivity index (χ0) is 37.7. The normalized spacial score (nSPS) is 14.1. The maximum Gasteiger partial charge on any atom is 0.306 e. The molecular weight excluding hydrogens is 671 g/mol. The van der Waals surface area contributed by atoms with E-state index in [0.717, 1.165) is 57.8 Å². The molecule has 0 aliphatic rings. The molecule has 0 radical (unpaired) electrons. The highest BCUT2D eigenvalue weighted by Crippen LogP contribution is 2.38. The number of unbranched alkanes of at least 4 members (excludes halogenated alkanes) is 23. The topological polar surface area (TPSA) is 152 Å². The van der Waals surface area contributed by atoms with Crippen molar-refractivity contribution in [3.63, 3.8) is 0 Å². The van der Waals surface area contributed by atoms with Crippen molar-refractivity contribution in [1.82, 2.24) is 0 Å². The molecule has 0 fully saturated rings. The van der Waals surface area contributed by atoms with E-state index in [0.29, 0.717) is 12.8 Å². The summed E-state index contributed by atoms with van der Waals surface area (Å²) in [5.41, 5.74) is 0. The van der Waals surface area contributed by atoms with E-state index in [-0.39, 0.29) is 19.4 Å². The van der Waals surface area contributed by atoms with E-state index in [9.17, 15) is 24.2 Å². The summed E-state index contributed by atoms with van der Waals surface area (Å²) in [6, 6.07) is 0. The third-order valence-electron chi connectivity index (χ3n) is 8.91. The van der Waals surface area contributed by atoms with Crippen molar-refractivity contribution < 1.29 is 47.8 Å². The molecule has 0 amide bonds. The van der Waals surface area contributed by atoms with Gasteiger partial charge in [0, 0.05) is 12.8 Å². The van der Waals surface area contributed by atoms with Crippen LogP contribution in [0.2, 0.25) is 0 Å². The highest BCUT2D eigenvalue weighted by atomic mass is 31.2. The fraction of sp³-hybridized carbons (Fsp3) is 0.900. The average molecular weight is 748 g/mol. The molecule has 0 aromatic rings. The molecule has 1 unspecified atom stereocenters. The van der Waals surface area contributed by atoms with E-state index in [4.69, 9.17) is 19.1 Å². The van der Waals surface area contributed by atoms with Crippen LogP contribution in [0.15, 0.2) is 12.2 Å². The highest BCUT2D eigenvalue weighted by Gasteiger charge is 2.21. The smallest absolute Gasteiger partial charge is 0.306 e. The van der Waals surface area contributed by atoms with Crippen molar-refractivity contribution in [2.75, 3.05) is 26.4 Å². The van der Waals surface area contributed by atoms with Crippen LogP contribution in [0.4, 0.5) is 0 Å². The second-order valence-corrected chi connectivity index (χ2v) is 15.4. The molecule has 0 bridgehead atoms. The Morgan fingerprint density at radius 3 is 1.43 bits per heavy atom. The maximum absolute atomic E-state index is 12.6. The van der Waals surface area contributed by atoms with Gasteiger partial charge in [0.2, 0.25) is 0 Å². The zero-order valence-corrected chi connectivity index (χ0v) is 33.4. The molecule has 0 aromatic carbocycles. The van der Waals surface area contributed by atoms with Gasteiger partial charge >= 0.3 is 11.9 Å². The van der Waals surface area contributed by atoms with Gasteiger partial charge < -0.3 is 33.6 Å². The van der Waals surface area contributed by atoms with Crippen LogP contribution in [0.25, 0.3) is 0 Å². The largest absolute Gasteiger partial charge is 0.756 e. The highest BCUT2D eigenvalue weighted by molar-refractivity contribution is 7.45. The minimum atomic E-state index is -4.86. The molecule has 11 heteroatoms. The van der Waals surface area contributed by atoms with Gasteiger partial charge in [0.15, 0.2) is 6.10 Å². The van der Waals surface area contributed by atoms with Gasteiger partial charge in [0.1, 0.15) is 12.7 Å². The fourth-order valence-electron chi connectivity index (χ4n) is 5.69. The predicted octanol–water partition coefficient (Wildman–Crippen LogP) is 9.81. The minimum absolute atomic E-state index is 0.162. The Morgan fingerprint density at radius 1 is 0.588 bits per heavy atom. The summed E-state index contributed by atoms with van der Waals surface area (Å²) in [4.78, 5) is 37.0. The number of phosphoric acid groups is 1. The lowest BCUT2D eigenvalue weighted by molar-refractivity contribution is -0.230. The standard InChI is InChI=1S/C40H77O10P/c1-3-5-7-9-11-13-15-17-18-20-22-24-26-28-30-32-40(44)50-38(36-49-51(45,46)48-34-37(42)33-41)35-47-39(43)31-29-27-25-23-21-19-16-14-12-10-8-6-4-2/h17-18,37-38,41-42H,3-16,19-36H2,1-2H3,(H,45,46)/p-1/b18-17-/t37-,38+/m0/s1. The third-order valence-corrected chi connectivity index (χ3v) is 9.84. The van der Waals surface area contributed by atoms with Gasteiger partial charge in [-0.05, 0) is 38.5 Å². The first-order valence-electron chi connectivity index (χ1n) is 20.6. The molecule has 302 valence electrons. The monoisotopic (exact) mass is 748 g/mol. The summed E-state index contributed by atoms with van der Waals surface area (Å²) in [6.07, 6.45) is 32.9. The Hall–Kier alpha value is -1.29. The number of aliphatic hydroxyl groups is 2. The van der Waals surface area contributed by atoms with E-state index >= 15 is 0 Å². The Kier molecular flexibility index (Phi) is 36.1. The second kappa shape index (κ2) is 37.0. The molecule has 0 spiro atoms. The molecule has 0 saturated heterocycles. The van der Waals surface area contributed by atoms with Crippen molar-refractivity contribution in [3.05, 3.63) is 12.2 Å².